The summed E-state index contributed by atoms with van der Waals surface area (Å²) in [6.45, 7) is 1.89. The number of carbonyl (C=O) groups is 1. The Bertz CT molecular complexity index is 696. The minimum atomic E-state index is -0.590. The van der Waals surface area contributed by atoms with E-state index in [0.29, 0.717) is 17.7 Å². The maximum atomic E-state index is 12.0. The molecule has 0 aliphatic rings. The van der Waals surface area contributed by atoms with Crippen LogP contribution in [0, 0.1) is 11.3 Å². The van der Waals surface area contributed by atoms with E-state index in [0.717, 1.165) is 10.5 Å². The molecule has 24 heavy (non-hydrogen) atoms. The van der Waals surface area contributed by atoms with Crippen LogP contribution in [0.5, 0.6) is 0 Å². The van der Waals surface area contributed by atoms with E-state index >= 15 is 0 Å². The van der Waals surface area contributed by atoms with Crippen LogP contribution in [0.4, 0.5) is 0 Å². The molecule has 0 heterocycles. The Hall–Kier alpha value is -2.29. The average molecular weight is 340 g/mol. The van der Waals surface area contributed by atoms with E-state index in [2.05, 4.69) is 11.4 Å². The van der Waals surface area contributed by atoms with Crippen LogP contribution in [0.15, 0.2) is 59.5 Å². The average Bonchev–Trinajstić information content (AvgIpc) is 2.61. The highest BCUT2D eigenvalue weighted by atomic mass is 32.2. The molecule has 0 saturated heterocycles. The first kappa shape index (κ1) is 18.1. The molecule has 0 saturated carbocycles. The van der Waals surface area contributed by atoms with Gasteiger partial charge in [0, 0.05) is 10.9 Å². The first-order valence-electron chi connectivity index (χ1n) is 7.74. The Labute approximate surface area is 146 Å². The van der Waals surface area contributed by atoms with Gasteiger partial charge in [-0.1, -0.05) is 30.3 Å². The second-order valence-electron chi connectivity index (χ2n) is 5.56. The summed E-state index contributed by atoms with van der Waals surface area (Å²) in [7, 11) is 0. The molecule has 0 spiro atoms. The highest BCUT2D eigenvalue weighted by Crippen LogP contribution is 2.19. The van der Waals surface area contributed by atoms with Gasteiger partial charge in [-0.2, -0.15) is 5.26 Å². The Morgan fingerprint density at radius 3 is 2.50 bits per heavy atom. The molecular formula is C19H20N2O2S. The fourth-order valence-corrected chi connectivity index (χ4v) is 3.01. The highest BCUT2D eigenvalue weighted by molar-refractivity contribution is 8.00. The van der Waals surface area contributed by atoms with Gasteiger partial charge >= 0.3 is 0 Å². The second kappa shape index (κ2) is 9.11. The zero-order chi connectivity index (χ0) is 17.4. The minimum Gasteiger partial charge on any atom is -0.388 e. The lowest BCUT2D eigenvalue weighted by molar-refractivity contribution is -0.119. The number of thioether (sulfide) groups is 1. The van der Waals surface area contributed by atoms with Gasteiger partial charge in [-0.3, -0.25) is 4.79 Å². The minimum absolute atomic E-state index is 0.0721. The normalized spacial score (nSPS) is 12.9. The number of hydrogen-bond donors (Lipinski definition) is 2. The first-order chi connectivity index (χ1) is 11.6. The number of aliphatic hydroxyl groups excluding tert-OH is 1. The summed E-state index contributed by atoms with van der Waals surface area (Å²) in [5, 5.41) is 21.8. The summed E-state index contributed by atoms with van der Waals surface area (Å²) < 4.78 is 0. The van der Waals surface area contributed by atoms with Crippen LogP contribution in [0.25, 0.3) is 0 Å². The smallest absolute Gasteiger partial charge is 0.230 e. The molecule has 124 valence electrons. The molecular weight excluding hydrogens is 320 g/mol. The largest absolute Gasteiger partial charge is 0.388 e. The van der Waals surface area contributed by atoms with Crippen molar-refractivity contribution in [1.82, 2.24) is 5.32 Å². The zero-order valence-electron chi connectivity index (χ0n) is 13.5. The summed E-state index contributed by atoms with van der Waals surface area (Å²) >= 11 is 1.42. The van der Waals surface area contributed by atoms with E-state index < -0.39 is 6.10 Å². The topological polar surface area (TPSA) is 73.1 Å². The van der Waals surface area contributed by atoms with Crippen molar-refractivity contribution in [3.05, 3.63) is 65.7 Å². The van der Waals surface area contributed by atoms with Gasteiger partial charge in [0.1, 0.15) is 0 Å². The molecule has 2 aromatic rings. The van der Waals surface area contributed by atoms with Crippen molar-refractivity contribution in [3.8, 4) is 6.07 Å². The van der Waals surface area contributed by atoms with Crippen molar-refractivity contribution >= 4 is 17.7 Å². The van der Waals surface area contributed by atoms with Gasteiger partial charge < -0.3 is 10.4 Å². The van der Waals surface area contributed by atoms with Crippen molar-refractivity contribution in [2.24, 2.45) is 0 Å². The van der Waals surface area contributed by atoms with Gasteiger partial charge in [0.05, 0.1) is 23.5 Å². The molecule has 0 radical (unpaired) electrons. The van der Waals surface area contributed by atoms with Gasteiger partial charge in [0.15, 0.2) is 0 Å². The maximum Gasteiger partial charge on any atom is 0.230 e. The number of hydrogen-bond acceptors (Lipinski definition) is 4. The van der Waals surface area contributed by atoms with Crippen molar-refractivity contribution in [1.29, 1.82) is 5.26 Å². The van der Waals surface area contributed by atoms with Crippen LogP contribution >= 0.6 is 11.8 Å². The maximum absolute atomic E-state index is 12.0. The van der Waals surface area contributed by atoms with Crippen LogP contribution in [0.2, 0.25) is 0 Å². The Kier molecular flexibility index (Phi) is 6.86. The Morgan fingerprint density at radius 1 is 1.21 bits per heavy atom. The highest BCUT2D eigenvalue weighted by Gasteiger charge is 2.14. The fourth-order valence-electron chi connectivity index (χ4n) is 2.30. The summed E-state index contributed by atoms with van der Waals surface area (Å²) in [6, 6.07) is 18.5. The molecule has 2 aromatic carbocycles. The summed E-state index contributed by atoms with van der Waals surface area (Å²) in [5.74, 6) is 0.231. The standard InChI is InChI=1S/C19H20N2O2S/c1-14(11-18(22)16-5-3-2-4-6-16)21-19(23)13-24-17-9-7-15(12-20)8-10-17/h2-10,14,18,22H,11,13H2,1H3,(H,21,23). The summed E-state index contributed by atoms with van der Waals surface area (Å²) in [5.41, 5.74) is 1.46. The van der Waals surface area contributed by atoms with E-state index in [1.165, 1.54) is 11.8 Å². The summed E-state index contributed by atoms with van der Waals surface area (Å²) in [4.78, 5) is 12.9. The van der Waals surface area contributed by atoms with Crippen LogP contribution in [-0.2, 0) is 4.79 Å². The third kappa shape index (κ3) is 5.73. The predicted octanol–water partition coefficient (Wildman–Crippen LogP) is 3.28. The van der Waals surface area contributed by atoms with E-state index in [-0.39, 0.29) is 11.9 Å². The zero-order valence-corrected chi connectivity index (χ0v) is 14.3. The van der Waals surface area contributed by atoms with Crippen molar-refractivity contribution in [3.63, 3.8) is 0 Å². The molecule has 4 nitrogen and oxygen atoms in total. The SMILES string of the molecule is CC(CC(O)c1ccccc1)NC(=O)CSc1ccc(C#N)cc1. The lowest BCUT2D eigenvalue weighted by atomic mass is 10.0. The number of nitrogens with zero attached hydrogens (tertiary/aromatic N) is 1. The van der Waals surface area contributed by atoms with Crippen LogP contribution in [-0.4, -0.2) is 22.8 Å². The van der Waals surface area contributed by atoms with Crippen molar-refractivity contribution in [2.45, 2.75) is 30.4 Å². The van der Waals surface area contributed by atoms with Gasteiger partial charge in [0.2, 0.25) is 5.91 Å². The lowest BCUT2D eigenvalue weighted by Gasteiger charge is -2.18. The third-order valence-electron chi connectivity index (χ3n) is 3.52. The molecule has 2 rings (SSSR count). The molecule has 0 bridgehead atoms. The fraction of sp³-hybridized carbons (Fsp3) is 0.263. The third-order valence-corrected chi connectivity index (χ3v) is 4.53. The van der Waals surface area contributed by atoms with Gasteiger partial charge in [0.25, 0.3) is 0 Å². The number of carbonyl (C=O) groups excluding carboxylic acids is 1. The second-order valence-corrected chi connectivity index (χ2v) is 6.60. The molecule has 5 heteroatoms. The van der Waals surface area contributed by atoms with Gasteiger partial charge in [-0.25, -0.2) is 0 Å². The number of nitrogens with one attached hydrogen (secondary N) is 1. The van der Waals surface area contributed by atoms with Crippen molar-refractivity contribution in [2.75, 3.05) is 5.75 Å². The van der Waals surface area contributed by atoms with Crippen LogP contribution in [0.3, 0.4) is 0 Å². The number of benzene rings is 2. The molecule has 0 aliphatic carbocycles. The summed E-state index contributed by atoms with van der Waals surface area (Å²) in [6.07, 6.45) is -0.121. The monoisotopic (exact) mass is 340 g/mol. The molecule has 1 amide bonds. The Morgan fingerprint density at radius 2 is 1.88 bits per heavy atom. The number of rotatable bonds is 7. The first-order valence-corrected chi connectivity index (χ1v) is 8.72. The number of nitriles is 1. The molecule has 2 unspecified atom stereocenters. The molecule has 0 fully saturated rings. The van der Waals surface area contributed by atoms with Crippen LogP contribution < -0.4 is 5.32 Å². The lowest BCUT2D eigenvalue weighted by Crippen LogP contribution is -2.34. The number of aliphatic hydroxyl groups is 1. The molecule has 0 aromatic heterocycles. The van der Waals surface area contributed by atoms with Crippen molar-refractivity contribution < 1.29 is 9.90 Å². The number of amides is 1. The molecule has 0 aliphatic heterocycles. The van der Waals surface area contributed by atoms with E-state index in [1.807, 2.05) is 49.4 Å². The van der Waals surface area contributed by atoms with Crippen LogP contribution in [0.1, 0.15) is 30.6 Å². The van der Waals surface area contributed by atoms with E-state index in [1.54, 1.807) is 12.1 Å². The van der Waals surface area contributed by atoms with Gasteiger partial charge in [-0.15, -0.1) is 11.8 Å². The molecule has 2 atom stereocenters. The van der Waals surface area contributed by atoms with E-state index in [9.17, 15) is 9.90 Å². The van der Waals surface area contributed by atoms with E-state index in [4.69, 9.17) is 5.26 Å². The molecule has 2 N–H and O–H groups in total. The Balaban J connectivity index is 1.76. The predicted molar refractivity (Wildman–Crippen MR) is 95.5 cm³/mol. The van der Waals surface area contributed by atoms with Gasteiger partial charge in [-0.05, 0) is 43.2 Å². The quantitative estimate of drug-likeness (QED) is 0.759.